The Morgan fingerprint density at radius 1 is 1.12 bits per heavy atom. The Morgan fingerprint density at radius 3 is 2.53 bits per heavy atom. The molecule has 17 heavy (non-hydrogen) atoms. The zero-order chi connectivity index (χ0) is 12.1. The van der Waals surface area contributed by atoms with E-state index in [1.807, 2.05) is 0 Å². The lowest BCUT2D eigenvalue weighted by Gasteiger charge is -2.13. The molecule has 1 atom stereocenters. The van der Waals surface area contributed by atoms with Crippen molar-refractivity contribution in [3.63, 3.8) is 0 Å². The Hall–Kier alpha value is -0.130. The molecule has 0 spiro atoms. The van der Waals surface area contributed by atoms with Crippen LogP contribution in [0.5, 0.6) is 0 Å². The Bertz CT molecular complexity index is 317. The van der Waals surface area contributed by atoms with Gasteiger partial charge in [-0.1, -0.05) is 12.8 Å². The van der Waals surface area contributed by atoms with Gasteiger partial charge in [-0.3, -0.25) is 0 Å². The molecule has 2 fully saturated rings. The van der Waals surface area contributed by atoms with Crippen LogP contribution in [0.3, 0.4) is 0 Å². The second kappa shape index (κ2) is 6.16. The molecule has 0 aromatic rings. The van der Waals surface area contributed by atoms with Gasteiger partial charge in [-0.05, 0) is 25.7 Å². The Kier molecular flexibility index (Phi) is 4.82. The van der Waals surface area contributed by atoms with Crippen LogP contribution in [0.2, 0.25) is 0 Å². The van der Waals surface area contributed by atoms with E-state index < -0.39 is 9.84 Å². The minimum atomic E-state index is -2.94. The maximum Gasteiger partial charge on any atom is 0.154 e. The summed E-state index contributed by atoms with van der Waals surface area (Å²) in [6, 6.07) is 0.549. The van der Waals surface area contributed by atoms with Gasteiger partial charge in [0, 0.05) is 19.2 Å². The molecule has 0 amide bonds. The molecule has 0 bridgehead atoms. The molecular formula is C12H23NO3S. The number of hydrogen-bond donors (Lipinski definition) is 1. The lowest BCUT2D eigenvalue weighted by atomic mass is 10.2. The molecule has 1 N–H and O–H groups in total. The van der Waals surface area contributed by atoms with Crippen LogP contribution in [0.1, 0.15) is 38.5 Å². The van der Waals surface area contributed by atoms with Crippen molar-refractivity contribution >= 4 is 9.84 Å². The summed E-state index contributed by atoms with van der Waals surface area (Å²) >= 11 is 0. The molecule has 1 saturated carbocycles. The quantitative estimate of drug-likeness (QED) is 0.778. The van der Waals surface area contributed by atoms with Gasteiger partial charge in [0.1, 0.15) is 0 Å². The van der Waals surface area contributed by atoms with E-state index in [2.05, 4.69) is 5.32 Å². The molecule has 2 aliphatic rings. The van der Waals surface area contributed by atoms with Crippen LogP contribution in [0.15, 0.2) is 0 Å². The van der Waals surface area contributed by atoms with E-state index in [-0.39, 0.29) is 17.6 Å². The number of rotatable bonds is 6. The first kappa shape index (κ1) is 13.3. The monoisotopic (exact) mass is 261 g/mol. The summed E-state index contributed by atoms with van der Waals surface area (Å²) < 4.78 is 29.0. The summed E-state index contributed by atoms with van der Waals surface area (Å²) in [4.78, 5) is 0. The minimum absolute atomic E-state index is 0.0496. The zero-order valence-electron chi connectivity index (χ0n) is 10.4. The highest BCUT2D eigenvalue weighted by Gasteiger charge is 2.23. The highest BCUT2D eigenvalue weighted by molar-refractivity contribution is 7.91. The van der Waals surface area contributed by atoms with Crippen molar-refractivity contribution in [1.82, 2.24) is 5.32 Å². The molecule has 0 aromatic carbocycles. The predicted octanol–water partition coefficient (Wildman–Crippen LogP) is 1.11. The van der Waals surface area contributed by atoms with Crippen molar-refractivity contribution in [3.05, 3.63) is 0 Å². The Morgan fingerprint density at radius 2 is 1.88 bits per heavy atom. The molecule has 5 heteroatoms. The maximum atomic E-state index is 11.8. The average Bonchev–Trinajstić information content (AvgIpc) is 2.89. The molecular weight excluding hydrogens is 238 g/mol. The third kappa shape index (κ3) is 4.56. The van der Waals surface area contributed by atoms with Crippen LogP contribution < -0.4 is 5.32 Å². The van der Waals surface area contributed by atoms with Gasteiger partial charge in [0.2, 0.25) is 0 Å². The molecule has 0 aromatic heterocycles. The van der Waals surface area contributed by atoms with Crippen molar-refractivity contribution in [2.24, 2.45) is 0 Å². The van der Waals surface area contributed by atoms with Crippen molar-refractivity contribution in [1.29, 1.82) is 0 Å². The van der Waals surface area contributed by atoms with Crippen LogP contribution in [0.4, 0.5) is 0 Å². The smallest absolute Gasteiger partial charge is 0.154 e. The van der Waals surface area contributed by atoms with E-state index in [1.54, 1.807) is 0 Å². The third-order valence-corrected chi connectivity index (χ3v) is 5.37. The summed E-state index contributed by atoms with van der Waals surface area (Å²) in [6.45, 7) is 1.32. The standard InChI is InChI=1S/C12H23NO3S/c14-17(15,10-12-6-3-8-16-12)9-7-13-11-4-1-2-5-11/h11-13H,1-10H2. The molecule has 1 unspecified atom stereocenters. The van der Waals surface area contributed by atoms with Crippen molar-refractivity contribution in [2.75, 3.05) is 24.7 Å². The van der Waals surface area contributed by atoms with E-state index in [0.717, 1.165) is 19.4 Å². The Balaban J connectivity index is 1.65. The van der Waals surface area contributed by atoms with Crippen molar-refractivity contribution in [2.45, 2.75) is 50.7 Å². The van der Waals surface area contributed by atoms with Gasteiger partial charge in [-0.2, -0.15) is 0 Å². The largest absolute Gasteiger partial charge is 0.377 e. The van der Waals surface area contributed by atoms with Crippen LogP contribution in [-0.4, -0.2) is 45.2 Å². The number of nitrogens with one attached hydrogen (secondary N) is 1. The third-order valence-electron chi connectivity index (χ3n) is 3.67. The van der Waals surface area contributed by atoms with Crippen LogP contribution in [0.25, 0.3) is 0 Å². The zero-order valence-corrected chi connectivity index (χ0v) is 11.2. The lowest BCUT2D eigenvalue weighted by molar-refractivity contribution is 0.127. The normalized spacial score (nSPS) is 26.7. The molecule has 1 aliphatic heterocycles. The topological polar surface area (TPSA) is 55.4 Å². The fourth-order valence-corrected chi connectivity index (χ4v) is 4.12. The van der Waals surface area contributed by atoms with Crippen LogP contribution in [0, 0.1) is 0 Å². The maximum absolute atomic E-state index is 11.8. The number of sulfone groups is 1. The minimum Gasteiger partial charge on any atom is -0.377 e. The van der Waals surface area contributed by atoms with Gasteiger partial charge in [0.25, 0.3) is 0 Å². The highest BCUT2D eigenvalue weighted by atomic mass is 32.2. The van der Waals surface area contributed by atoms with Crippen molar-refractivity contribution in [3.8, 4) is 0 Å². The Labute approximate surface area is 104 Å². The fourth-order valence-electron chi connectivity index (χ4n) is 2.69. The van der Waals surface area contributed by atoms with E-state index >= 15 is 0 Å². The molecule has 1 aliphatic carbocycles. The molecule has 2 rings (SSSR count). The number of hydrogen-bond acceptors (Lipinski definition) is 4. The van der Waals surface area contributed by atoms with Crippen LogP contribution in [-0.2, 0) is 14.6 Å². The summed E-state index contributed by atoms with van der Waals surface area (Å²) in [5.74, 6) is 0.461. The first-order chi connectivity index (χ1) is 8.16. The van der Waals surface area contributed by atoms with E-state index in [9.17, 15) is 8.42 Å². The predicted molar refractivity (Wildman–Crippen MR) is 67.9 cm³/mol. The van der Waals surface area contributed by atoms with Gasteiger partial charge in [-0.25, -0.2) is 8.42 Å². The lowest BCUT2D eigenvalue weighted by Crippen LogP contribution is -2.33. The second-order valence-electron chi connectivity index (χ2n) is 5.18. The summed E-state index contributed by atoms with van der Waals surface area (Å²) in [5, 5.41) is 3.34. The van der Waals surface area contributed by atoms with E-state index in [0.29, 0.717) is 12.6 Å². The highest BCUT2D eigenvalue weighted by Crippen LogP contribution is 2.17. The van der Waals surface area contributed by atoms with E-state index in [4.69, 9.17) is 4.74 Å². The van der Waals surface area contributed by atoms with Gasteiger partial charge < -0.3 is 10.1 Å². The van der Waals surface area contributed by atoms with Crippen molar-refractivity contribution < 1.29 is 13.2 Å². The first-order valence-corrected chi connectivity index (χ1v) is 8.53. The van der Waals surface area contributed by atoms with Gasteiger partial charge >= 0.3 is 0 Å². The fraction of sp³-hybridized carbons (Fsp3) is 1.00. The van der Waals surface area contributed by atoms with Gasteiger partial charge in [-0.15, -0.1) is 0 Å². The van der Waals surface area contributed by atoms with E-state index in [1.165, 1.54) is 25.7 Å². The summed E-state index contributed by atoms with van der Waals surface area (Å²) in [5.41, 5.74) is 0. The SMILES string of the molecule is O=S(=O)(CCNC1CCCC1)CC1CCCO1. The summed E-state index contributed by atoms with van der Waals surface area (Å²) in [7, 11) is -2.94. The molecule has 4 nitrogen and oxygen atoms in total. The average molecular weight is 261 g/mol. The first-order valence-electron chi connectivity index (χ1n) is 6.71. The molecule has 0 radical (unpaired) electrons. The second-order valence-corrected chi connectivity index (χ2v) is 7.41. The summed E-state index contributed by atoms with van der Waals surface area (Å²) in [6.07, 6.45) is 6.81. The molecule has 1 heterocycles. The molecule has 100 valence electrons. The van der Waals surface area contributed by atoms with Crippen LogP contribution >= 0.6 is 0 Å². The molecule has 1 saturated heterocycles. The van der Waals surface area contributed by atoms with Gasteiger partial charge in [0.15, 0.2) is 9.84 Å². The van der Waals surface area contributed by atoms with Gasteiger partial charge in [0.05, 0.1) is 17.6 Å². The number of ether oxygens (including phenoxy) is 1.